The van der Waals surface area contributed by atoms with Crippen molar-refractivity contribution in [3.63, 3.8) is 0 Å². The predicted octanol–water partition coefficient (Wildman–Crippen LogP) is 5.73. The first-order valence-corrected chi connectivity index (χ1v) is 15.2. The van der Waals surface area contributed by atoms with Gasteiger partial charge in [0, 0.05) is 32.2 Å². The average Bonchev–Trinajstić information content (AvgIpc) is 3.14. The number of benzene rings is 3. The first-order chi connectivity index (χ1) is 21.5. The first-order valence-electron chi connectivity index (χ1n) is 15.2. The van der Waals surface area contributed by atoms with E-state index in [0.717, 1.165) is 16.8 Å². The number of piperazine rings is 1. The summed E-state index contributed by atoms with van der Waals surface area (Å²) in [6.07, 6.45) is 0.368. The molecule has 238 valence electrons. The second-order valence-corrected chi connectivity index (χ2v) is 12.3. The van der Waals surface area contributed by atoms with Crippen LogP contribution in [0.4, 0.5) is 20.6 Å². The summed E-state index contributed by atoms with van der Waals surface area (Å²) in [7, 11) is 1.57. The normalized spacial score (nSPS) is 17.0. The topological polar surface area (TPSA) is 88.6 Å². The zero-order valence-corrected chi connectivity index (χ0v) is 26.3. The molecule has 0 bridgehead atoms. The van der Waals surface area contributed by atoms with Gasteiger partial charge >= 0.3 is 12.1 Å². The molecule has 2 aliphatic heterocycles. The summed E-state index contributed by atoms with van der Waals surface area (Å²) in [6, 6.07) is 19.5. The molecule has 0 spiro atoms. The largest absolute Gasteiger partial charge is 0.495 e. The lowest BCUT2D eigenvalue weighted by Gasteiger charge is -2.36. The van der Waals surface area contributed by atoms with Crippen LogP contribution in [-0.4, -0.2) is 61.8 Å². The van der Waals surface area contributed by atoms with E-state index in [0.29, 0.717) is 49.6 Å². The van der Waals surface area contributed by atoms with Crippen LogP contribution in [0.15, 0.2) is 66.7 Å². The monoisotopic (exact) mass is 617 g/mol. The molecule has 0 aromatic heterocycles. The SMILES string of the molecule is COc1cc2c(cc1N1CCN(C(=O)OCc3ccccc3)CC1)CCC(C(=O)OC(C)(C)C)C(=O)N2Cc1cccc(F)c1. The van der Waals surface area contributed by atoms with Crippen molar-refractivity contribution in [1.82, 2.24) is 4.90 Å². The maximum absolute atomic E-state index is 14.1. The van der Waals surface area contributed by atoms with Crippen molar-refractivity contribution in [2.45, 2.75) is 52.4 Å². The van der Waals surface area contributed by atoms with Crippen LogP contribution in [-0.2, 0) is 38.6 Å². The Morgan fingerprint density at radius 1 is 0.911 bits per heavy atom. The van der Waals surface area contributed by atoms with Gasteiger partial charge in [0.25, 0.3) is 0 Å². The van der Waals surface area contributed by atoms with Crippen molar-refractivity contribution in [2.24, 2.45) is 5.92 Å². The highest BCUT2D eigenvalue weighted by atomic mass is 19.1. The van der Waals surface area contributed by atoms with Crippen molar-refractivity contribution in [3.8, 4) is 5.75 Å². The van der Waals surface area contributed by atoms with Crippen LogP contribution in [0.5, 0.6) is 5.75 Å². The van der Waals surface area contributed by atoms with Crippen LogP contribution in [0.2, 0.25) is 0 Å². The summed E-state index contributed by atoms with van der Waals surface area (Å²) in [5.41, 5.74) is 3.08. The van der Waals surface area contributed by atoms with Crippen LogP contribution in [0.1, 0.15) is 43.9 Å². The molecule has 2 heterocycles. The summed E-state index contributed by atoms with van der Waals surface area (Å²) >= 11 is 0. The van der Waals surface area contributed by atoms with Crippen molar-refractivity contribution in [1.29, 1.82) is 0 Å². The number of carbonyl (C=O) groups excluding carboxylic acids is 3. The van der Waals surface area contributed by atoms with Gasteiger partial charge in [-0.25, -0.2) is 9.18 Å². The Balaban J connectivity index is 1.38. The highest BCUT2D eigenvalue weighted by molar-refractivity contribution is 6.07. The molecule has 3 aromatic rings. The minimum absolute atomic E-state index is 0.0785. The lowest BCUT2D eigenvalue weighted by molar-refractivity contribution is -0.162. The molecule has 0 saturated carbocycles. The number of nitrogens with zero attached hydrogens (tertiary/aromatic N) is 3. The second kappa shape index (κ2) is 13.6. The summed E-state index contributed by atoms with van der Waals surface area (Å²) in [5, 5.41) is 0. The van der Waals surface area contributed by atoms with E-state index in [1.54, 1.807) is 49.8 Å². The van der Waals surface area contributed by atoms with Gasteiger partial charge in [0.1, 0.15) is 29.7 Å². The van der Waals surface area contributed by atoms with Crippen LogP contribution in [0, 0.1) is 11.7 Å². The van der Waals surface area contributed by atoms with Crippen molar-refractivity contribution in [2.75, 3.05) is 43.1 Å². The number of rotatable bonds is 7. The Morgan fingerprint density at radius 2 is 1.62 bits per heavy atom. The fourth-order valence-electron chi connectivity index (χ4n) is 5.71. The van der Waals surface area contributed by atoms with Gasteiger partial charge in [-0.05, 0) is 68.5 Å². The van der Waals surface area contributed by atoms with E-state index in [9.17, 15) is 18.8 Å². The molecule has 1 fully saturated rings. The van der Waals surface area contributed by atoms with Gasteiger partial charge in [0.05, 0.1) is 25.0 Å². The van der Waals surface area contributed by atoms with Crippen molar-refractivity contribution < 1.29 is 33.0 Å². The fourth-order valence-corrected chi connectivity index (χ4v) is 5.71. The summed E-state index contributed by atoms with van der Waals surface area (Å²) in [4.78, 5) is 45.3. The van der Waals surface area contributed by atoms with Gasteiger partial charge in [-0.1, -0.05) is 42.5 Å². The van der Waals surface area contributed by atoms with Crippen LogP contribution in [0.3, 0.4) is 0 Å². The number of hydrogen-bond acceptors (Lipinski definition) is 7. The van der Waals surface area contributed by atoms with E-state index in [-0.39, 0.29) is 25.7 Å². The zero-order valence-electron chi connectivity index (χ0n) is 26.3. The lowest BCUT2D eigenvalue weighted by atomic mass is 9.99. The minimum Gasteiger partial charge on any atom is -0.495 e. The molecule has 0 aliphatic carbocycles. The van der Waals surface area contributed by atoms with E-state index < -0.39 is 29.2 Å². The van der Waals surface area contributed by atoms with E-state index in [1.807, 2.05) is 42.5 Å². The Kier molecular flexibility index (Phi) is 9.60. The molecule has 5 rings (SSSR count). The maximum Gasteiger partial charge on any atom is 0.410 e. The summed E-state index contributed by atoms with van der Waals surface area (Å²) in [6.45, 7) is 7.66. The summed E-state index contributed by atoms with van der Waals surface area (Å²) < 4.78 is 31.1. The van der Waals surface area contributed by atoms with Crippen molar-refractivity contribution in [3.05, 3.63) is 89.2 Å². The van der Waals surface area contributed by atoms with Gasteiger partial charge in [-0.3, -0.25) is 9.59 Å². The highest BCUT2D eigenvalue weighted by Crippen LogP contribution is 2.40. The molecule has 9 nitrogen and oxygen atoms in total. The van der Waals surface area contributed by atoms with E-state index in [2.05, 4.69) is 4.90 Å². The zero-order chi connectivity index (χ0) is 32.1. The predicted molar refractivity (Wildman–Crippen MR) is 169 cm³/mol. The number of esters is 1. The molecule has 45 heavy (non-hydrogen) atoms. The van der Waals surface area contributed by atoms with Gasteiger partial charge in [0.15, 0.2) is 0 Å². The number of ether oxygens (including phenoxy) is 3. The molecule has 0 radical (unpaired) electrons. The molecule has 2 amide bonds. The molecule has 10 heteroatoms. The number of aryl methyl sites for hydroxylation is 1. The number of fused-ring (bicyclic) bond motifs is 1. The molecule has 3 aromatic carbocycles. The van der Waals surface area contributed by atoms with Crippen LogP contribution < -0.4 is 14.5 Å². The molecule has 0 N–H and O–H groups in total. The number of carbonyl (C=O) groups is 3. The molecule has 1 unspecified atom stereocenters. The van der Waals surface area contributed by atoms with E-state index in [1.165, 1.54) is 12.1 Å². The third-order valence-electron chi connectivity index (χ3n) is 7.94. The maximum atomic E-state index is 14.1. The number of methoxy groups -OCH3 is 1. The smallest absolute Gasteiger partial charge is 0.410 e. The van der Waals surface area contributed by atoms with Gasteiger partial charge in [-0.15, -0.1) is 0 Å². The van der Waals surface area contributed by atoms with Gasteiger partial charge < -0.3 is 28.9 Å². The first kappa shape index (κ1) is 31.8. The third kappa shape index (κ3) is 7.74. The van der Waals surface area contributed by atoms with Gasteiger partial charge in [0.2, 0.25) is 5.91 Å². The number of amides is 2. The van der Waals surface area contributed by atoms with Crippen LogP contribution >= 0.6 is 0 Å². The Morgan fingerprint density at radius 3 is 2.29 bits per heavy atom. The highest BCUT2D eigenvalue weighted by Gasteiger charge is 2.38. The molecule has 1 atom stereocenters. The standard InChI is InChI=1S/C35H40FN3O6/c1-35(2,3)45-33(41)28-14-13-26-20-30(37-15-17-38(18-16-37)34(42)44-23-24-9-6-5-7-10-24)31(43-4)21-29(26)39(32(28)40)22-25-11-8-12-27(36)19-25/h5-12,19-21,28H,13-18,22-23H2,1-4H3. The molecule has 1 saturated heterocycles. The third-order valence-corrected chi connectivity index (χ3v) is 7.94. The fraction of sp³-hybridized carbons (Fsp3) is 0.400. The Hall–Kier alpha value is -4.60. The van der Waals surface area contributed by atoms with Crippen molar-refractivity contribution >= 4 is 29.3 Å². The average molecular weight is 618 g/mol. The van der Waals surface area contributed by atoms with Gasteiger partial charge in [-0.2, -0.15) is 0 Å². The summed E-state index contributed by atoms with van der Waals surface area (Å²) in [5.74, 6) is -1.84. The second-order valence-electron chi connectivity index (χ2n) is 12.3. The molecular weight excluding hydrogens is 577 g/mol. The minimum atomic E-state index is -1.01. The Labute approximate surface area is 263 Å². The number of anilines is 2. The molecule has 2 aliphatic rings. The molecular formula is C35H40FN3O6. The van der Waals surface area contributed by atoms with E-state index >= 15 is 0 Å². The quantitative estimate of drug-likeness (QED) is 0.247. The Bertz CT molecular complexity index is 1530. The van der Waals surface area contributed by atoms with Crippen LogP contribution in [0.25, 0.3) is 0 Å². The number of hydrogen-bond donors (Lipinski definition) is 0. The van der Waals surface area contributed by atoms with E-state index in [4.69, 9.17) is 14.2 Å². The lowest BCUT2D eigenvalue weighted by Crippen LogP contribution is -2.49. The number of halogens is 1.